The normalized spacial score (nSPS) is 51.2. The number of fused-ring (bicyclic) bond motifs is 20. The molecule has 9 fully saturated rings. The van der Waals surface area contributed by atoms with Crippen molar-refractivity contribution < 1.29 is 37.5 Å². The van der Waals surface area contributed by atoms with Gasteiger partial charge in [-0.25, -0.2) is 0 Å². The summed E-state index contributed by atoms with van der Waals surface area (Å²) in [4.78, 5) is 0. The first-order valence-electron chi connectivity index (χ1n) is 19.1. The molecule has 49 heavy (non-hydrogen) atoms. The molecule has 1 radical (unpaired) electrons. The van der Waals surface area contributed by atoms with Crippen LogP contribution in [0, 0.1) is 47.3 Å². The Morgan fingerprint density at radius 2 is 0.694 bits per heavy atom. The Labute approximate surface area is 307 Å². The molecule has 0 amide bonds. The fourth-order valence-electron chi connectivity index (χ4n) is 12.5. The van der Waals surface area contributed by atoms with Gasteiger partial charge in [-0.3, -0.25) is 42.5 Å². The summed E-state index contributed by atoms with van der Waals surface area (Å²) in [5.41, 5.74) is 0. The number of rotatable bonds is 3. The number of hydrogen-bond acceptors (Lipinski definition) is 13. The van der Waals surface area contributed by atoms with Crippen molar-refractivity contribution >= 4 is 30.1 Å². The van der Waals surface area contributed by atoms with Gasteiger partial charge in [-0.2, -0.15) is 16.8 Å². The molecule has 17 unspecified atom stereocenters. The van der Waals surface area contributed by atoms with E-state index < -0.39 is 24.7 Å². The van der Waals surface area contributed by atoms with E-state index >= 15 is 0 Å². The van der Waals surface area contributed by atoms with Crippen LogP contribution in [0.1, 0.15) is 96.3 Å². The molecule has 0 spiro atoms. The molecule has 17 atom stereocenters. The van der Waals surface area contributed by atoms with Gasteiger partial charge in [-0.05, 0) is 92.8 Å². The molecule has 283 valence electrons. The van der Waals surface area contributed by atoms with Crippen LogP contribution in [0.4, 0.5) is 0 Å². The molecule has 8 bridgehead atoms. The average Bonchev–Trinajstić information content (AvgIpc) is 3.79. The Balaban J connectivity index is 0.00000348. The zero-order valence-electron chi connectivity index (χ0n) is 28.0. The number of hydrogen-bond donors (Lipinski definition) is 8. The Bertz CT molecular complexity index is 1430. The zero-order chi connectivity index (χ0) is 32.8. The van der Waals surface area contributed by atoms with Crippen molar-refractivity contribution in [2.75, 3.05) is 0 Å². The van der Waals surface area contributed by atoms with Crippen LogP contribution in [0.15, 0.2) is 0 Å². The molecule has 9 aliphatic rings. The predicted octanol–water partition coefficient (Wildman–Crippen LogP) is 1.41. The van der Waals surface area contributed by atoms with Crippen LogP contribution in [0.5, 0.6) is 0 Å². The summed E-state index contributed by atoms with van der Waals surface area (Å²) < 4.78 is 55.7. The molecule has 4 saturated carbocycles. The van der Waals surface area contributed by atoms with Crippen molar-refractivity contribution in [3.63, 3.8) is 0 Å². The van der Waals surface area contributed by atoms with E-state index in [1.807, 2.05) is 0 Å². The second-order valence-corrected chi connectivity index (χ2v) is 20.7. The molecule has 0 aromatic carbocycles. The third-order valence-corrected chi connectivity index (χ3v) is 17.5. The van der Waals surface area contributed by atoms with Crippen LogP contribution in [0.3, 0.4) is 0 Å². The maximum Gasteiger partial charge on any atom is 0.370 e. The van der Waals surface area contributed by atoms with Crippen LogP contribution >= 0.6 is 10.7 Å². The van der Waals surface area contributed by atoms with Crippen LogP contribution in [-0.4, -0.2) is 71.4 Å². The maximum absolute atomic E-state index is 13.6. The maximum atomic E-state index is 13.6. The average molecular weight is 795 g/mol. The predicted molar refractivity (Wildman–Crippen MR) is 181 cm³/mol. The van der Waals surface area contributed by atoms with Crippen molar-refractivity contribution in [2.24, 2.45) is 47.3 Å². The van der Waals surface area contributed by atoms with Crippen LogP contribution < -0.4 is 42.5 Å². The summed E-state index contributed by atoms with van der Waals surface area (Å²) in [6.07, 6.45) is 16.9. The fourth-order valence-corrected chi connectivity index (χ4v) is 15.7. The Morgan fingerprint density at radius 3 is 1.02 bits per heavy atom. The minimum absolute atomic E-state index is 0. The summed E-state index contributed by atoms with van der Waals surface area (Å²) in [5, 5.41) is 31.1. The first kappa shape index (κ1) is 36.3. The third kappa shape index (κ3) is 6.83. The van der Waals surface area contributed by atoms with Gasteiger partial charge in [-0.15, -0.1) is 3.63 Å². The smallest absolute Gasteiger partial charge is 0.286 e. The second kappa shape index (κ2) is 14.2. The minimum atomic E-state index is -4.71. The molecular weight excluding hydrogens is 740 g/mol. The molecule has 17 heteroatoms. The molecule has 8 N–H and O–H groups in total. The van der Waals surface area contributed by atoms with Crippen molar-refractivity contribution in [1.82, 2.24) is 42.5 Å². The molecule has 9 rings (SSSR count). The van der Waals surface area contributed by atoms with Crippen LogP contribution in [0.2, 0.25) is 0 Å². The molecular formula is C32H55ClCuN8O5S2. The van der Waals surface area contributed by atoms with E-state index in [1.165, 1.54) is 70.6 Å². The van der Waals surface area contributed by atoms with E-state index in [4.69, 9.17) is 10.7 Å². The molecule has 5 heterocycles. The molecule has 0 aromatic rings. The quantitative estimate of drug-likeness (QED) is 0.153. The van der Waals surface area contributed by atoms with E-state index in [2.05, 4.69) is 46.2 Å². The van der Waals surface area contributed by atoms with E-state index in [0.29, 0.717) is 48.3 Å². The van der Waals surface area contributed by atoms with Crippen LogP contribution in [0.25, 0.3) is 0 Å². The van der Waals surface area contributed by atoms with E-state index in [1.54, 1.807) is 0 Å². The van der Waals surface area contributed by atoms with Gasteiger partial charge < -0.3 is 0 Å². The van der Waals surface area contributed by atoms with Gasteiger partial charge in [0.05, 0.1) is 65.3 Å². The number of nitrogens with one attached hydrogen (secondary N) is 8. The molecule has 13 nitrogen and oxygen atoms in total. The zero-order valence-corrected chi connectivity index (χ0v) is 31.3. The van der Waals surface area contributed by atoms with E-state index in [-0.39, 0.29) is 78.2 Å². The fraction of sp³-hybridized carbons (Fsp3) is 1.00. The van der Waals surface area contributed by atoms with Crippen LogP contribution in [-0.2, 0) is 40.1 Å². The van der Waals surface area contributed by atoms with Gasteiger partial charge >= 0.3 is 9.33 Å². The molecule has 5 aliphatic heterocycles. The molecule has 0 aromatic heterocycles. The van der Waals surface area contributed by atoms with Gasteiger partial charge in [-0.1, -0.05) is 44.9 Å². The number of halogens is 1. The van der Waals surface area contributed by atoms with E-state index in [0.717, 1.165) is 12.8 Å². The largest absolute Gasteiger partial charge is 0.370 e. The van der Waals surface area contributed by atoms with Crippen molar-refractivity contribution in [1.29, 1.82) is 0 Å². The Kier molecular flexibility index (Phi) is 10.5. The third-order valence-electron chi connectivity index (χ3n) is 14.4. The van der Waals surface area contributed by atoms with Gasteiger partial charge in [0.25, 0.3) is 10.1 Å². The summed E-state index contributed by atoms with van der Waals surface area (Å²) >= 11 is 0. The Hall–Kier alpha value is 0.349. The molecule has 5 saturated heterocycles. The summed E-state index contributed by atoms with van der Waals surface area (Å²) in [6, 6.07) is 0. The first-order chi connectivity index (χ1) is 23.1. The SMILES string of the molecule is O=S(=O)(Cl)OS(=O)(=O)C1CCCC2C3NC4NC(NC5NC(NC6NC(NC(N3)C21)C1CCCCC61)C1CCCCC51)C1CCCCC41.[Cu]. The topological polar surface area (TPSA) is 174 Å². The van der Waals surface area contributed by atoms with Gasteiger partial charge in [0.15, 0.2) is 0 Å². The van der Waals surface area contributed by atoms with Gasteiger partial charge in [0, 0.05) is 23.0 Å². The van der Waals surface area contributed by atoms with Gasteiger partial charge in [0.1, 0.15) is 0 Å². The van der Waals surface area contributed by atoms with Crippen molar-refractivity contribution in [2.45, 2.75) is 151 Å². The minimum Gasteiger partial charge on any atom is -0.286 e. The van der Waals surface area contributed by atoms with Crippen molar-refractivity contribution in [3.8, 4) is 0 Å². The Morgan fingerprint density at radius 1 is 0.408 bits per heavy atom. The second-order valence-electron chi connectivity index (χ2n) is 16.7. The van der Waals surface area contributed by atoms with Gasteiger partial charge in [0.2, 0.25) is 0 Å². The summed E-state index contributed by atoms with van der Waals surface area (Å²) in [6.45, 7) is 0. The summed E-state index contributed by atoms with van der Waals surface area (Å²) in [5.74, 6) is 2.68. The molecule has 4 aliphatic carbocycles. The standard InChI is InChI=1S/C32H55ClN8O5S2.Cu/c33-48(44,45)46-47(42,43)23-15-7-14-22-24(23)32-40-30-21-13-6-5-12-20(21)28(38-30)36-26-17-9-2-1-8-16(17)25(34-26)35-27-18-10-3-4-11-19(18)29(37-27)39-31(22)41-32;/h16-32,34-41H,1-15H2;. The first-order valence-corrected chi connectivity index (χ1v) is 22.8. The van der Waals surface area contributed by atoms with E-state index in [9.17, 15) is 16.8 Å². The monoisotopic (exact) mass is 793 g/mol. The summed E-state index contributed by atoms with van der Waals surface area (Å²) in [7, 11) is -3.82. The van der Waals surface area contributed by atoms with Crippen molar-refractivity contribution in [3.05, 3.63) is 0 Å².